The first kappa shape index (κ1) is 15.1. The van der Waals surface area contributed by atoms with Gasteiger partial charge in [0.2, 0.25) is 0 Å². The Hall–Kier alpha value is -2.40. The number of nitrogens with zero attached hydrogens (tertiary/aromatic N) is 2. The summed E-state index contributed by atoms with van der Waals surface area (Å²) in [5.74, 6) is -0.481. The van der Waals surface area contributed by atoms with Gasteiger partial charge in [0.05, 0.1) is 5.69 Å². The number of hydrogen-bond donors (Lipinski definition) is 1. The highest BCUT2D eigenvalue weighted by atomic mass is 35.5. The summed E-state index contributed by atoms with van der Waals surface area (Å²) < 4.78 is 28.8. The van der Waals surface area contributed by atoms with Crippen molar-refractivity contribution in [1.29, 1.82) is 0 Å². The third-order valence-electron chi connectivity index (χ3n) is 4.19. The van der Waals surface area contributed by atoms with Gasteiger partial charge in [-0.2, -0.15) is 5.10 Å². The van der Waals surface area contributed by atoms with Gasteiger partial charge in [-0.25, -0.2) is 13.5 Å². The Labute approximate surface area is 142 Å². The highest BCUT2D eigenvalue weighted by Crippen LogP contribution is 2.31. The maximum atomic E-state index is 14.2. The van der Waals surface area contributed by atoms with Crippen molar-refractivity contribution in [2.75, 3.05) is 11.9 Å². The second-order valence-corrected chi connectivity index (χ2v) is 6.13. The van der Waals surface area contributed by atoms with E-state index in [1.165, 1.54) is 16.8 Å². The van der Waals surface area contributed by atoms with Gasteiger partial charge < -0.3 is 5.32 Å². The summed E-state index contributed by atoms with van der Waals surface area (Å²) in [4.78, 5) is 0. The third-order valence-corrected chi connectivity index (χ3v) is 4.56. The number of aromatic nitrogens is 2. The number of rotatable bonds is 3. The van der Waals surface area contributed by atoms with Crippen molar-refractivity contribution in [1.82, 2.24) is 9.78 Å². The minimum atomic E-state index is -0.640. The molecule has 2 aromatic carbocycles. The van der Waals surface area contributed by atoms with E-state index in [0.717, 1.165) is 41.7 Å². The van der Waals surface area contributed by atoms with Crippen LogP contribution in [-0.4, -0.2) is 16.3 Å². The largest absolute Gasteiger partial charge is 0.369 e. The van der Waals surface area contributed by atoms with Crippen LogP contribution in [0.3, 0.4) is 0 Å². The second-order valence-electron chi connectivity index (χ2n) is 5.73. The lowest BCUT2D eigenvalue weighted by molar-refractivity contribution is 0.573. The van der Waals surface area contributed by atoms with Crippen LogP contribution in [0, 0.1) is 11.6 Å². The molecule has 4 rings (SSSR count). The first-order valence-corrected chi connectivity index (χ1v) is 8.05. The van der Waals surface area contributed by atoms with Crippen LogP contribution in [0.1, 0.15) is 16.8 Å². The van der Waals surface area contributed by atoms with Crippen molar-refractivity contribution >= 4 is 17.4 Å². The lowest BCUT2D eigenvalue weighted by Gasteiger charge is -2.07. The van der Waals surface area contributed by atoms with Crippen LogP contribution in [0.4, 0.5) is 14.6 Å². The zero-order valence-electron chi connectivity index (χ0n) is 12.7. The first-order chi connectivity index (χ1) is 11.6. The fourth-order valence-electron chi connectivity index (χ4n) is 3.04. The lowest BCUT2D eigenvalue weighted by Crippen LogP contribution is -2.07. The molecular formula is C18H14ClF2N3. The number of nitrogens with one attached hydrogen (secondary N) is 1. The summed E-state index contributed by atoms with van der Waals surface area (Å²) in [6, 6.07) is 11.1. The Bertz CT molecular complexity index is 921. The average Bonchev–Trinajstić information content (AvgIpc) is 3.14. The Morgan fingerprint density at radius 3 is 2.79 bits per heavy atom. The van der Waals surface area contributed by atoms with Crippen LogP contribution >= 0.6 is 11.6 Å². The topological polar surface area (TPSA) is 29.9 Å². The normalized spacial score (nSPS) is 13.0. The van der Waals surface area contributed by atoms with Crippen LogP contribution < -0.4 is 5.32 Å². The lowest BCUT2D eigenvalue weighted by atomic mass is 10.1. The van der Waals surface area contributed by atoms with E-state index in [1.807, 2.05) is 24.3 Å². The molecule has 0 bridgehead atoms. The third kappa shape index (κ3) is 2.55. The van der Waals surface area contributed by atoms with Gasteiger partial charge in [0, 0.05) is 29.6 Å². The van der Waals surface area contributed by atoms with E-state index in [1.54, 1.807) is 0 Å². The number of halogens is 3. The van der Waals surface area contributed by atoms with Crippen LogP contribution in [0.5, 0.6) is 0 Å². The van der Waals surface area contributed by atoms with Crippen LogP contribution in [-0.2, 0) is 12.8 Å². The molecule has 0 atom stereocenters. The fourth-order valence-corrected chi connectivity index (χ4v) is 3.24. The molecule has 0 fully saturated rings. The van der Waals surface area contributed by atoms with Crippen LogP contribution in [0.25, 0.3) is 5.69 Å². The van der Waals surface area contributed by atoms with Crippen molar-refractivity contribution in [2.45, 2.75) is 12.8 Å². The summed E-state index contributed by atoms with van der Waals surface area (Å²) >= 11 is 6.24. The zero-order chi connectivity index (χ0) is 16.7. The van der Waals surface area contributed by atoms with Gasteiger partial charge in [-0.3, -0.25) is 0 Å². The van der Waals surface area contributed by atoms with E-state index in [2.05, 4.69) is 10.4 Å². The molecule has 0 amide bonds. The van der Waals surface area contributed by atoms with E-state index in [4.69, 9.17) is 11.6 Å². The number of benzene rings is 2. The Morgan fingerprint density at radius 2 is 2.00 bits per heavy atom. The minimum Gasteiger partial charge on any atom is -0.369 e. The van der Waals surface area contributed by atoms with E-state index < -0.39 is 11.6 Å². The summed E-state index contributed by atoms with van der Waals surface area (Å²) in [5.41, 5.74) is 3.11. The Kier molecular flexibility index (Phi) is 3.73. The van der Waals surface area contributed by atoms with E-state index in [0.29, 0.717) is 11.4 Å². The Morgan fingerprint density at radius 1 is 1.17 bits per heavy atom. The second kappa shape index (κ2) is 5.91. The molecule has 1 aliphatic heterocycles. The highest BCUT2D eigenvalue weighted by molar-refractivity contribution is 6.31. The highest BCUT2D eigenvalue weighted by Gasteiger charge is 2.24. The zero-order valence-corrected chi connectivity index (χ0v) is 13.4. The van der Waals surface area contributed by atoms with E-state index >= 15 is 0 Å². The minimum absolute atomic E-state index is 0.229. The molecule has 1 N–H and O–H groups in total. The van der Waals surface area contributed by atoms with Crippen molar-refractivity contribution in [2.24, 2.45) is 0 Å². The number of anilines is 1. The molecule has 1 aromatic heterocycles. The van der Waals surface area contributed by atoms with Gasteiger partial charge in [0.15, 0.2) is 5.82 Å². The fraction of sp³-hybridized carbons (Fsp3) is 0.167. The predicted molar refractivity (Wildman–Crippen MR) is 89.9 cm³/mol. The predicted octanol–water partition coefficient (Wildman–Crippen LogP) is 4.36. The van der Waals surface area contributed by atoms with Crippen LogP contribution in [0.2, 0.25) is 5.02 Å². The first-order valence-electron chi connectivity index (χ1n) is 7.67. The molecule has 6 heteroatoms. The SMILES string of the molecule is Fc1ccc(-n2nc(Cc3ccccc3Cl)c3c2NCC3)c(F)c1. The molecule has 2 heterocycles. The molecule has 24 heavy (non-hydrogen) atoms. The van der Waals surface area contributed by atoms with E-state index in [-0.39, 0.29) is 5.69 Å². The maximum Gasteiger partial charge on any atom is 0.151 e. The van der Waals surface area contributed by atoms with E-state index in [9.17, 15) is 8.78 Å². The van der Waals surface area contributed by atoms with Gasteiger partial charge in [-0.05, 0) is 30.2 Å². The molecule has 1 aliphatic rings. The average molecular weight is 346 g/mol. The molecule has 0 unspecified atom stereocenters. The molecule has 3 nitrogen and oxygen atoms in total. The summed E-state index contributed by atoms with van der Waals surface area (Å²) in [6.07, 6.45) is 1.39. The molecule has 0 spiro atoms. The van der Waals surface area contributed by atoms with Crippen molar-refractivity contribution < 1.29 is 8.78 Å². The van der Waals surface area contributed by atoms with Gasteiger partial charge in [-0.1, -0.05) is 29.8 Å². The summed E-state index contributed by atoms with van der Waals surface area (Å²) in [5, 5.41) is 8.48. The molecule has 3 aromatic rings. The van der Waals surface area contributed by atoms with Crippen molar-refractivity contribution in [3.8, 4) is 5.69 Å². The number of fused-ring (bicyclic) bond motifs is 1. The standard InChI is InChI=1S/C18H14ClF2N3/c19-14-4-2-1-3-11(14)9-16-13-7-8-22-18(13)24(23-16)17-6-5-12(20)10-15(17)21/h1-6,10,22H,7-9H2. The molecular weight excluding hydrogens is 332 g/mol. The van der Waals surface area contributed by atoms with Gasteiger partial charge in [0.25, 0.3) is 0 Å². The molecule has 0 radical (unpaired) electrons. The van der Waals surface area contributed by atoms with Gasteiger partial charge >= 0.3 is 0 Å². The maximum absolute atomic E-state index is 14.2. The molecule has 0 saturated carbocycles. The Balaban J connectivity index is 1.79. The van der Waals surface area contributed by atoms with Crippen molar-refractivity contribution in [3.63, 3.8) is 0 Å². The molecule has 0 aliphatic carbocycles. The summed E-state index contributed by atoms with van der Waals surface area (Å²) in [6.45, 7) is 0.769. The quantitative estimate of drug-likeness (QED) is 0.764. The summed E-state index contributed by atoms with van der Waals surface area (Å²) in [7, 11) is 0. The van der Waals surface area contributed by atoms with Crippen molar-refractivity contribution in [3.05, 3.63) is 75.9 Å². The van der Waals surface area contributed by atoms with Crippen LogP contribution in [0.15, 0.2) is 42.5 Å². The molecule has 0 saturated heterocycles. The smallest absolute Gasteiger partial charge is 0.151 e. The van der Waals surface area contributed by atoms with Gasteiger partial charge in [-0.15, -0.1) is 0 Å². The number of hydrogen-bond acceptors (Lipinski definition) is 2. The monoisotopic (exact) mass is 345 g/mol. The van der Waals surface area contributed by atoms with Gasteiger partial charge in [0.1, 0.15) is 17.3 Å². The molecule has 122 valence electrons.